The highest BCUT2D eigenvalue weighted by atomic mass is 79.9. The maximum absolute atomic E-state index is 13.3. The largest absolute Gasteiger partial charge is 0.489 e. The van der Waals surface area contributed by atoms with Gasteiger partial charge < -0.3 is 8.92 Å². The number of aryl methyl sites for hydroxylation is 1. The molecule has 1 heterocycles. The molecule has 0 radical (unpaired) electrons. The third-order valence-corrected chi connectivity index (χ3v) is 8.41. The van der Waals surface area contributed by atoms with E-state index in [1.165, 1.54) is 48.5 Å². The van der Waals surface area contributed by atoms with Crippen LogP contribution in [-0.4, -0.2) is 26.3 Å². The Morgan fingerprint density at radius 2 is 1.58 bits per heavy atom. The molecule has 12 heteroatoms. The van der Waals surface area contributed by atoms with Crippen molar-refractivity contribution >= 4 is 67.3 Å². The van der Waals surface area contributed by atoms with E-state index in [2.05, 4.69) is 21.2 Å². The van der Waals surface area contributed by atoms with Gasteiger partial charge in [0.05, 0.1) is 10.2 Å². The molecule has 1 fully saturated rings. The molecule has 0 spiro atoms. The van der Waals surface area contributed by atoms with E-state index in [-0.39, 0.29) is 33.0 Å². The summed E-state index contributed by atoms with van der Waals surface area (Å²) in [6, 6.07) is 23.1. The number of nitrogens with one attached hydrogen (secondary N) is 1. The third kappa shape index (κ3) is 6.96. The lowest BCUT2D eigenvalue weighted by Crippen LogP contribution is -2.54. The van der Waals surface area contributed by atoms with Crippen LogP contribution in [0.15, 0.2) is 106 Å². The predicted molar refractivity (Wildman–Crippen MR) is 164 cm³/mol. The minimum absolute atomic E-state index is 0.00780. The number of barbiturate groups is 1. The van der Waals surface area contributed by atoms with Crippen LogP contribution in [0.25, 0.3) is 6.08 Å². The molecule has 1 saturated heterocycles. The number of carbonyl (C=O) groups excluding carboxylic acids is 3. The molecule has 0 bridgehead atoms. The van der Waals surface area contributed by atoms with E-state index in [0.29, 0.717) is 16.3 Å². The lowest BCUT2D eigenvalue weighted by Gasteiger charge is -2.26. The maximum Gasteiger partial charge on any atom is 0.339 e. The third-order valence-electron chi connectivity index (χ3n) is 6.29. The number of hydrogen-bond donors (Lipinski definition) is 1. The average Bonchev–Trinajstić information content (AvgIpc) is 2.97. The number of imide groups is 2. The van der Waals surface area contributed by atoms with Crippen LogP contribution in [0.4, 0.5) is 10.5 Å². The first-order chi connectivity index (χ1) is 20.5. The van der Waals surface area contributed by atoms with Crippen molar-refractivity contribution in [2.24, 2.45) is 0 Å². The Labute approximate surface area is 260 Å². The summed E-state index contributed by atoms with van der Waals surface area (Å²) in [5.41, 5.74) is 2.12. The topological polar surface area (TPSA) is 119 Å². The number of benzene rings is 4. The summed E-state index contributed by atoms with van der Waals surface area (Å²) in [5.74, 6) is -1.18. The van der Waals surface area contributed by atoms with E-state index >= 15 is 0 Å². The van der Waals surface area contributed by atoms with Gasteiger partial charge in [0.1, 0.15) is 22.8 Å². The predicted octanol–water partition coefficient (Wildman–Crippen LogP) is 6.42. The molecule has 0 unspecified atom stereocenters. The van der Waals surface area contributed by atoms with Crippen molar-refractivity contribution in [2.75, 3.05) is 4.90 Å². The second kappa shape index (κ2) is 12.4. The fourth-order valence-corrected chi connectivity index (χ4v) is 5.70. The summed E-state index contributed by atoms with van der Waals surface area (Å²) in [4.78, 5) is 39.4. The highest BCUT2D eigenvalue weighted by Gasteiger charge is 2.36. The zero-order valence-corrected chi connectivity index (χ0v) is 25.6. The second-order valence-electron chi connectivity index (χ2n) is 9.41. The van der Waals surface area contributed by atoms with Crippen molar-refractivity contribution in [1.82, 2.24) is 5.32 Å². The first-order valence-electron chi connectivity index (χ1n) is 12.7. The van der Waals surface area contributed by atoms with Crippen molar-refractivity contribution in [3.63, 3.8) is 0 Å². The number of carbonyl (C=O) groups is 3. The Balaban J connectivity index is 1.32. The highest BCUT2D eigenvalue weighted by Crippen LogP contribution is 2.31. The summed E-state index contributed by atoms with van der Waals surface area (Å²) < 4.78 is 36.7. The average molecular weight is 682 g/mol. The number of urea groups is 1. The number of ether oxygens (including phenoxy) is 1. The SMILES string of the molecule is Cc1ccc(S(=O)(=O)Oc2ccc(/C=C3\C(=O)NC(=O)N(c4ccc(OCc5ccc(Cl)cc5)cc4)C3=O)cc2Br)cc1. The van der Waals surface area contributed by atoms with Gasteiger partial charge in [-0.1, -0.05) is 47.5 Å². The van der Waals surface area contributed by atoms with Crippen molar-refractivity contribution in [2.45, 2.75) is 18.4 Å². The van der Waals surface area contributed by atoms with Crippen LogP contribution in [-0.2, 0) is 26.3 Å². The monoisotopic (exact) mass is 680 g/mol. The number of halogens is 2. The van der Waals surface area contributed by atoms with Crippen LogP contribution in [0.5, 0.6) is 11.5 Å². The van der Waals surface area contributed by atoms with Gasteiger partial charge in [0.25, 0.3) is 11.8 Å². The van der Waals surface area contributed by atoms with Gasteiger partial charge in [-0.25, -0.2) is 9.69 Å². The highest BCUT2D eigenvalue weighted by molar-refractivity contribution is 9.10. The van der Waals surface area contributed by atoms with E-state index in [0.717, 1.165) is 16.0 Å². The Morgan fingerprint density at radius 1 is 0.907 bits per heavy atom. The summed E-state index contributed by atoms with van der Waals surface area (Å²) in [7, 11) is -4.10. The quantitative estimate of drug-likeness (QED) is 0.129. The van der Waals surface area contributed by atoms with E-state index in [4.69, 9.17) is 20.5 Å². The van der Waals surface area contributed by atoms with Gasteiger partial charge in [-0.3, -0.25) is 14.9 Å². The van der Waals surface area contributed by atoms with Gasteiger partial charge >= 0.3 is 16.1 Å². The van der Waals surface area contributed by atoms with Crippen LogP contribution in [0.1, 0.15) is 16.7 Å². The summed E-state index contributed by atoms with van der Waals surface area (Å²) in [6.07, 6.45) is 1.30. The lowest BCUT2D eigenvalue weighted by atomic mass is 10.1. The van der Waals surface area contributed by atoms with Gasteiger partial charge in [0.2, 0.25) is 0 Å². The minimum atomic E-state index is -4.10. The standard InChI is InChI=1S/C31H22BrClN2O7S/c1-19-2-13-25(14-3-19)43(39,40)42-28-15-6-21(17-27(28)32)16-26-29(36)34-31(38)35(30(26)37)23-9-11-24(12-10-23)41-18-20-4-7-22(33)8-5-20/h2-17H,18H2,1H3,(H,34,36,38)/b26-16+. The van der Waals surface area contributed by atoms with E-state index < -0.39 is 28.0 Å². The molecule has 0 saturated carbocycles. The van der Waals surface area contributed by atoms with E-state index in [1.807, 2.05) is 19.1 Å². The molecule has 4 amide bonds. The number of amides is 4. The number of hydrogen-bond acceptors (Lipinski definition) is 7. The molecule has 0 atom stereocenters. The van der Waals surface area contributed by atoms with Crippen LogP contribution >= 0.6 is 27.5 Å². The molecule has 0 aromatic heterocycles. The fourth-order valence-electron chi connectivity index (χ4n) is 4.04. The van der Waals surface area contributed by atoms with Crippen LogP contribution in [0.2, 0.25) is 5.02 Å². The normalized spacial score (nSPS) is 14.5. The summed E-state index contributed by atoms with van der Waals surface area (Å²) in [6.45, 7) is 2.13. The Morgan fingerprint density at radius 3 is 2.23 bits per heavy atom. The van der Waals surface area contributed by atoms with Gasteiger partial charge in [0, 0.05) is 5.02 Å². The molecule has 1 aliphatic rings. The molecule has 0 aliphatic carbocycles. The van der Waals surface area contributed by atoms with Crippen molar-refractivity contribution in [3.8, 4) is 11.5 Å². The first kappa shape index (κ1) is 30.0. The Hall–Kier alpha value is -4.45. The van der Waals surface area contributed by atoms with Gasteiger partial charge in [-0.05, 0) is 101 Å². The lowest BCUT2D eigenvalue weighted by molar-refractivity contribution is -0.122. The van der Waals surface area contributed by atoms with Gasteiger partial charge in [-0.15, -0.1) is 0 Å². The zero-order chi connectivity index (χ0) is 30.7. The van der Waals surface area contributed by atoms with Crippen molar-refractivity contribution in [3.05, 3.63) is 123 Å². The number of nitrogens with zero attached hydrogens (tertiary/aromatic N) is 1. The van der Waals surface area contributed by atoms with Crippen LogP contribution < -0.4 is 19.1 Å². The molecule has 4 aromatic carbocycles. The molecular formula is C31H22BrClN2O7S. The zero-order valence-electron chi connectivity index (χ0n) is 22.4. The van der Waals surface area contributed by atoms with Gasteiger partial charge in [0.15, 0.2) is 5.75 Å². The molecule has 1 N–H and O–H groups in total. The molecule has 5 rings (SSSR count). The van der Waals surface area contributed by atoms with E-state index in [1.54, 1.807) is 36.4 Å². The van der Waals surface area contributed by atoms with Gasteiger partial charge in [-0.2, -0.15) is 8.42 Å². The fraction of sp³-hybridized carbons (Fsp3) is 0.0645. The molecular weight excluding hydrogens is 660 g/mol. The molecule has 43 heavy (non-hydrogen) atoms. The molecule has 218 valence electrons. The Bertz CT molecular complexity index is 1860. The van der Waals surface area contributed by atoms with E-state index in [9.17, 15) is 22.8 Å². The molecule has 1 aliphatic heterocycles. The minimum Gasteiger partial charge on any atom is -0.489 e. The number of anilines is 1. The smallest absolute Gasteiger partial charge is 0.339 e. The van der Waals surface area contributed by atoms with Crippen LogP contribution in [0.3, 0.4) is 0 Å². The second-order valence-corrected chi connectivity index (χ2v) is 12.2. The number of rotatable bonds is 8. The summed E-state index contributed by atoms with van der Waals surface area (Å²) >= 11 is 9.20. The molecule has 4 aromatic rings. The maximum atomic E-state index is 13.3. The molecule has 9 nitrogen and oxygen atoms in total. The van der Waals surface area contributed by atoms with Crippen LogP contribution in [0, 0.1) is 6.92 Å². The Kier molecular flexibility index (Phi) is 8.67. The van der Waals surface area contributed by atoms with Crippen molar-refractivity contribution < 1.29 is 31.7 Å². The first-order valence-corrected chi connectivity index (χ1v) is 15.3. The van der Waals surface area contributed by atoms with Crippen molar-refractivity contribution in [1.29, 1.82) is 0 Å². The summed E-state index contributed by atoms with van der Waals surface area (Å²) in [5, 5.41) is 2.79.